The van der Waals surface area contributed by atoms with Crippen LogP contribution < -0.4 is 14.8 Å². The maximum atomic E-state index is 13.8. The number of carbonyl (C=O) groups is 2. The van der Waals surface area contributed by atoms with Gasteiger partial charge in [0.2, 0.25) is 0 Å². The lowest BCUT2D eigenvalue weighted by molar-refractivity contribution is -0.139. The van der Waals surface area contributed by atoms with Crippen LogP contribution in [0.25, 0.3) is 0 Å². The molecule has 6 nitrogen and oxygen atoms in total. The second kappa shape index (κ2) is 9.41. The van der Waals surface area contributed by atoms with Crippen LogP contribution in [0.4, 0.5) is 4.39 Å². The van der Waals surface area contributed by atoms with Crippen LogP contribution in [-0.4, -0.2) is 36.7 Å². The molecular formula is C19H20FNO5. The predicted molar refractivity (Wildman–Crippen MR) is 93.2 cm³/mol. The van der Waals surface area contributed by atoms with Crippen LogP contribution in [0.1, 0.15) is 22.8 Å². The van der Waals surface area contributed by atoms with Crippen LogP contribution in [0, 0.1) is 5.82 Å². The number of nitrogens with one attached hydrogen (secondary N) is 1. The van der Waals surface area contributed by atoms with E-state index in [2.05, 4.69) is 5.32 Å². The summed E-state index contributed by atoms with van der Waals surface area (Å²) < 4.78 is 24.0. The molecule has 2 aromatic carbocycles. The average Bonchev–Trinajstić information content (AvgIpc) is 2.62. The van der Waals surface area contributed by atoms with Crippen molar-refractivity contribution in [1.29, 1.82) is 0 Å². The van der Waals surface area contributed by atoms with Crippen molar-refractivity contribution in [3.8, 4) is 11.5 Å². The molecule has 0 spiro atoms. The number of rotatable bonds is 9. The number of benzene rings is 2. The van der Waals surface area contributed by atoms with Gasteiger partial charge in [-0.05, 0) is 43.2 Å². The Labute approximate surface area is 150 Å². The molecule has 2 aromatic rings. The first-order chi connectivity index (χ1) is 12.5. The van der Waals surface area contributed by atoms with E-state index in [0.717, 1.165) is 5.56 Å². The van der Waals surface area contributed by atoms with Crippen LogP contribution in [0.5, 0.6) is 11.5 Å². The van der Waals surface area contributed by atoms with E-state index >= 15 is 0 Å². The molecule has 0 heterocycles. The highest BCUT2D eigenvalue weighted by Gasteiger charge is 2.15. The number of halogens is 1. The van der Waals surface area contributed by atoms with Crippen molar-refractivity contribution in [3.63, 3.8) is 0 Å². The SMILES string of the molecule is CCOc1c(F)cccc1C(=O)NCCc1ccc(OCC(=O)O)cc1. The second-order valence-corrected chi connectivity index (χ2v) is 5.38. The van der Waals surface area contributed by atoms with Gasteiger partial charge in [-0.1, -0.05) is 18.2 Å². The van der Waals surface area contributed by atoms with E-state index in [4.69, 9.17) is 14.6 Å². The highest BCUT2D eigenvalue weighted by atomic mass is 19.1. The van der Waals surface area contributed by atoms with Gasteiger partial charge in [0.1, 0.15) is 5.75 Å². The zero-order chi connectivity index (χ0) is 18.9. The van der Waals surface area contributed by atoms with Gasteiger partial charge in [-0.3, -0.25) is 4.79 Å². The standard InChI is InChI=1S/C19H20FNO5/c1-2-25-18-15(4-3-5-16(18)20)19(24)21-11-10-13-6-8-14(9-7-13)26-12-17(22)23/h3-9H,2,10-12H2,1H3,(H,21,24)(H,22,23). The summed E-state index contributed by atoms with van der Waals surface area (Å²) in [5.74, 6) is -1.61. The molecule has 0 unspecified atom stereocenters. The molecule has 2 N–H and O–H groups in total. The fraction of sp³-hybridized carbons (Fsp3) is 0.263. The molecule has 0 aliphatic heterocycles. The summed E-state index contributed by atoms with van der Waals surface area (Å²) in [5.41, 5.74) is 1.10. The first-order valence-electron chi connectivity index (χ1n) is 8.14. The van der Waals surface area contributed by atoms with Gasteiger partial charge in [0.15, 0.2) is 18.2 Å². The van der Waals surface area contributed by atoms with Crippen molar-refractivity contribution in [2.75, 3.05) is 19.8 Å². The van der Waals surface area contributed by atoms with Crippen LogP contribution in [0.15, 0.2) is 42.5 Å². The van der Waals surface area contributed by atoms with Gasteiger partial charge < -0.3 is 19.9 Å². The van der Waals surface area contributed by atoms with E-state index in [0.29, 0.717) is 18.7 Å². The quantitative estimate of drug-likeness (QED) is 0.717. The number of carbonyl (C=O) groups excluding carboxylic acids is 1. The van der Waals surface area contributed by atoms with E-state index in [-0.39, 0.29) is 17.9 Å². The first kappa shape index (κ1) is 19.2. The first-order valence-corrected chi connectivity index (χ1v) is 8.14. The molecular weight excluding hydrogens is 341 g/mol. The third-order valence-corrected chi connectivity index (χ3v) is 3.49. The minimum Gasteiger partial charge on any atom is -0.490 e. The smallest absolute Gasteiger partial charge is 0.341 e. The zero-order valence-corrected chi connectivity index (χ0v) is 14.3. The topological polar surface area (TPSA) is 84.9 Å². The van der Waals surface area contributed by atoms with Gasteiger partial charge >= 0.3 is 5.97 Å². The van der Waals surface area contributed by atoms with Gasteiger partial charge in [-0.2, -0.15) is 0 Å². The second-order valence-electron chi connectivity index (χ2n) is 5.38. The van der Waals surface area contributed by atoms with Crippen molar-refractivity contribution in [3.05, 3.63) is 59.4 Å². The Bertz CT molecular complexity index is 761. The molecule has 138 valence electrons. The number of hydrogen-bond donors (Lipinski definition) is 2. The molecule has 0 saturated carbocycles. The number of carboxylic acids is 1. The fourth-order valence-electron chi connectivity index (χ4n) is 2.29. The van der Waals surface area contributed by atoms with Crippen LogP contribution in [0.2, 0.25) is 0 Å². The minimum absolute atomic E-state index is 0.0487. The molecule has 7 heteroatoms. The summed E-state index contributed by atoms with van der Waals surface area (Å²) in [4.78, 5) is 22.7. The van der Waals surface area contributed by atoms with Crippen LogP contribution in [0.3, 0.4) is 0 Å². The fourth-order valence-corrected chi connectivity index (χ4v) is 2.29. The summed E-state index contributed by atoms with van der Waals surface area (Å²) in [6.45, 7) is 1.94. The van der Waals surface area contributed by atoms with Crippen LogP contribution in [-0.2, 0) is 11.2 Å². The molecule has 0 radical (unpaired) electrons. The van der Waals surface area contributed by atoms with Crippen molar-refractivity contribution >= 4 is 11.9 Å². The van der Waals surface area contributed by atoms with Gasteiger partial charge in [-0.15, -0.1) is 0 Å². The monoisotopic (exact) mass is 361 g/mol. The summed E-state index contributed by atoms with van der Waals surface area (Å²) in [7, 11) is 0. The number of hydrogen-bond acceptors (Lipinski definition) is 4. The third kappa shape index (κ3) is 5.47. The minimum atomic E-state index is -1.04. The Balaban J connectivity index is 1.89. The molecule has 0 aliphatic carbocycles. The summed E-state index contributed by atoms with van der Waals surface area (Å²) in [6, 6.07) is 11.1. The van der Waals surface area contributed by atoms with E-state index < -0.39 is 24.3 Å². The molecule has 2 rings (SSSR count). The Morgan fingerprint density at radius 2 is 1.85 bits per heavy atom. The molecule has 0 aromatic heterocycles. The van der Waals surface area contributed by atoms with Crippen molar-refractivity contribution in [2.24, 2.45) is 0 Å². The number of aliphatic carboxylic acids is 1. The van der Waals surface area contributed by atoms with Gasteiger partial charge in [0.25, 0.3) is 5.91 Å². The Morgan fingerprint density at radius 3 is 2.50 bits per heavy atom. The Hall–Kier alpha value is -3.09. The summed E-state index contributed by atoms with van der Waals surface area (Å²) in [5, 5.41) is 11.3. The van der Waals surface area contributed by atoms with Crippen molar-refractivity contribution in [2.45, 2.75) is 13.3 Å². The lowest BCUT2D eigenvalue weighted by Gasteiger charge is -2.11. The molecule has 1 amide bonds. The van der Waals surface area contributed by atoms with Gasteiger partial charge in [0, 0.05) is 6.54 Å². The number of amides is 1. The zero-order valence-electron chi connectivity index (χ0n) is 14.3. The van der Waals surface area contributed by atoms with Crippen molar-refractivity contribution < 1.29 is 28.6 Å². The molecule has 0 fully saturated rings. The Kier molecular flexibility index (Phi) is 6.96. The number of para-hydroxylation sites is 1. The molecule has 0 atom stereocenters. The predicted octanol–water partition coefficient (Wildman–Crippen LogP) is 2.66. The van der Waals surface area contributed by atoms with E-state index in [1.165, 1.54) is 18.2 Å². The Morgan fingerprint density at radius 1 is 1.12 bits per heavy atom. The lowest BCUT2D eigenvalue weighted by Crippen LogP contribution is -2.26. The maximum absolute atomic E-state index is 13.8. The number of ether oxygens (including phenoxy) is 2. The van der Waals surface area contributed by atoms with E-state index in [9.17, 15) is 14.0 Å². The third-order valence-electron chi connectivity index (χ3n) is 3.49. The summed E-state index contributed by atoms with van der Waals surface area (Å²) >= 11 is 0. The van der Waals surface area contributed by atoms with E-state index in [1.807, 2.05) is 0 Å². The normalized spacial score (nSPS) is 10.2. The van der Waals surface area contributed by atoms with Crippen LogP contribution >= 0.6 is 0 Å². The largest absolute Gasteiger partial charge is 0.490 e. The van der Waals surface area contributed by atoms with E-state index in [1.54, 1.807) is 31.2 Å². The molecule has 26 heavy (non-hydrogen) atoms. The van der Waals surface area contributed by atoms with Gasteiger partial charge in [-0.25, -0.2) is 9.18 Å². The van der Waals surface area contributed by atoms with Crippen molar-refractivity contribution in [1.82, 2.24) is 5.32 Å². The highest BCUT2D eigenvalue weighted by Crippen LogP contribution is 2.22. The molecule has 0 bridgehead atoms. The number of carboxylic acid groups (broad SMARTS) is 1. The maximum Gasteiger partial charge on any atom is 0.341 e. The molecule has 0 aliphatic rings. The highest BCUT2D eigenvalue weighted by molar-refractivity contribution is 5.97. The average molecular weight is 361 g/mol. The van der Waals surface area contributed by atoms with Gasteiger partial charge in [0.05, 0.1) is 12.2 Å². The summed E-state index contributed by atoms with van der Waals surface area (Å²) in [6.07, 6.45) is 0.560. The lowest BCUT2D eigenvalue weighted by atomic mass is 10.1. The molecule has 0 saturated heterocycles.